The van der Waals surface area contributed by atoms with Crippen molar-refractivity contribution in [2.75, 3.05) is 7.11 Å². The average Bonchev–Trinajstić information content (AvgIpc) is 2.78. The molecule has 0 fully saturated rings. The fourth-order valence-electron chi connectivity index (χ4n) is 1.75. The number of aryl methyl sites for hydroxylation is 1. The second-order valence-electron chi connectivity index (χ2n) is 6.13. The van der Waals surface area contributed by atoms with Crippen LogP contribution in [0, 0.1) is 0 Å². The minimum atomic E-state index is -0.255. The van der Waals surface area contributed by atoms with Gasteiger partial charge in [-0.1, -0.05) is 13.8 Å². The lowest BCUT2D eigenvalue weighted by Gasteiger charge is -2.23. The number of nitrogens with one attached hydrogen (secondary N) is 1. The van der Waals surface area contributed by atoms with Gasteiger partial charge in [-0.2, -0.15) is 0 Å². The molecule has 0 radical (unpaired) electrons. The highest BCUT2D eigenvalue weighted by molar-refractivity contribution is 7.11. The van der Waals surface area contributed by atoms with Gasteiger partial charge >= 0.3 is 0 Å². The lowest BCUT2D eigenvalue weighted by Crippen LogP contribution is -2.35. The van der Waals surface area contributed by atoms with Gasteiger partial charge in [0.15, 0.2) is 0 Å². The van der Waals surface area contributed by atoms with Gasteiger partial charge < -0.3 is 10.1 Å². The van der Waals surface area contributed by atoms with Crippen molar-refractivity contribution in [2.24, 2.45) is 0 Å². The Balaban J connectivity index is 2.97. The van der Waals surface area contributed by atoms with E-state index in [-0.39, 0.29) is 11.1 Å². The first-order valence-electron chi connectivity index (χ1n) is 7.05. The smallest absolute Gasteiger partial charge is 0.125 e. The molecule has 3 nitrogen and oxygen atoms in total. The van der Waals surface area contributed by atoms with E-state index >= 15 is 0 Å². The minimum absolute atomic E-state index is 0.129. The van der Waals surface area contributed by atoms with Gasteiger partial charge in [0.2, 0.25) is 0 Å². The summed E-state index contributed by atoms with van der Waals surface area (Å²) in [5.74, 6) is 0. The Hall–Kier alpha value is -0.450. The van der Waals surface area contributed by atoms with Crippen molar-refractivity contribution < 1.29 is 4.74 Å². The lowest BCUT2D eigenvalue weighted by atomic mass is 10.0. The monoisotopic (exact) mass is 284 g/mol. The summed E-state index contributed by atoms with van der Waals surface area (Å²) in [6, 6.07) is 0. The third kappa shape index (κ3) is 4.26. The molecular formula is C15H28N2OS. The summed E-state index contributed by atoms with van der Waals surface area (Å²) in [5, 5.41) is 4.64. The molecule has 0 aliphatic carbocycles. The van der Waals surface area contributed by atoms with E-state index in [0.717, 1.165) is 24.4 Å². The van der Waals surface area contributed by atoms with Crippen LogP contribution in [0.1, 0.15) is 63.5 Å². The van der Waals surface area contributed by atoms with Gasteiger partial charge in [-0.05, 0) is 40.5 Å². The molecule has 0 bridgehead atoms. The molecule has 1 N–H and O–H groups in total. The highest BCUT2D eigenvalue weighted by Crippen LogP contribution is 2.33. The van der Waals surface area contributed by atoms with Gasteiger partial charge in [-0.3, -0.25) is 0 Å². The van der Waals surface area contributed by atoms with Crippen molar-refractivity contribution in [2.45, 2.75) is 72.1 Å². The van der Waals surface area contributed by atoms with Gasteiger partial charge in [0.1, 0.15) is 10.6 Å². The quantitative estimate of drug-likeness (QED) is 0.861. The molecule has 110 valence electrons. The predicted octanol–water partition coefficient (Wildman–Crippen LogP) is 3.87. The second kappa shape index (κ2) is 6.33. The highest BCUT2D eigenvalue weighted by atomic mass is 32.1. The number of hydrogen-bond donors (Lipinski definition) is 1. The summed E-state index contributed by atoms with van der Waals surface area (Å²) < 4.78 is 5.66. The van der Waals surface area contributed by atoms with E-state index in [1.807, 2.05) is 0 Å². The first kappa shape index (κ1) is 16.6. The van der Waals surface area contributed by atoms with E-state index in [1.54, 1.807) is 18.4 Å². The van der Waals surface area contributed by atoms with Crippen molar-refractivity contribution in [3.05, 3.63) is 15.6 Å². The predicted molar refractivity (Wildman–Crippen MR) is 82.7 cm³/mol. The average molecular weight is 284 g/mol. The Morgan fingerprint density at radius 3 is 2.26 bits per heavy atom. The van der Waals surface area contributed by atoms with Crippen molar-refractivity contribution in [1.82, 2.24) is 10.3 Å². The SMILES string of the molecule is CCc1nc(C(C)(CC)OC)sc1CNC(C)(C)C. The van der Waals surface area contributed by atoms with E-state index < -0.39 is 0 Å². The standard InChI is InChI=1S/C15H28N2OS/c1-8-11-12(10-16-14(3,4)5)19-13(17-11)15(6,9-2)18-7/h16H,8-10H2,1-7H3. The van der Waals surface area contributed by atoms with Crippen molar-refractivity contribution in [1.29, 1.82) is 0 Å². The van der Waals surface area contributed by atoms with Crippen LogP contribution in [0.2, 0.25) is 0 Å². The largest absolute Gasteiger partial charge is 0.371 e. The first-order chi connectivity index (χ1) is 8.75. The summed E-state index contributed by atoms with van der Waals surface area (Å²) in [6.45, 7) is 13.9. The zero-order valence-electron chi connectivity index (χ0n) is 13.4. The summed E-state index contributed by atoms with van der Waals surface area (Å²) in [4.78, 5) is 6.13. The van der Waals surface area contributed by atoms with Gasteiger partial charge in [0, 0.05) is 24.1 Å². The van der Waals surface area contributed by atoms with Crippen LogP contribution in [0.5, 0.6) is 0 Å². The van der Waals surface area contributed by atoms with E-state index in [1.165, 1.54) is 10.6 Å². The number of nitrogens with zero attached hydrogens (tertiary/aromatic N) is 1. The van der Waals surface area contributed by atoms with Gasteiger partial charge in [0.05, 0.1) is 5.69 Å². The molecule has 4 heteroatoms. The van der Waals surface area contributed by atoms with Gasteiger partial charge in [0.25, 0.3) is 0 Å². The molecule has 0 aliphatic rings. The van der Waals surface area contributed by atoms with Crippen LogP contribution in [0.3, 0.4) is 0 Å². The fourth-order valence-corrected chi connectivity index (χ4v) is 3.04. The fraction of sp³-hybridized carbons (Fsp3) is 0.800. The van der Waals surface area contributed by atoms with Crippen molar-refractivity contribution in [3.63, 3.8) is 0 Å². The second-order valence-corrected chi connectivity index (χ2v) is 7.22. The molecule has 0 aromatic carbocycles. The molecule has 1 atom stereocenters. The van der Waals surface area contributed by atoms with Crippen LogP contribution in [0.25, 0.3) is 0 Å². The Bertz CT molecular complexity index is 403. The van der Waals surface area contributed by atoms with Crippen molar-refractivity contribution in [3.8, 4) is 0 Å². The Morgan fingerprint density at radius 2 is 1.84 bits per heavy atom. The molecular weight excluding hydrogens is 256 g/mol. The third-order valence-corrected chi connectivity index (χ3v) is 4.81. The zero-order chi connectivity index (χ0) is 14.7. The van der Waals surface area contributed by atoms with Gasteiger partial charge in [-0.25, -0.2) is 4.98 Å². The summed E-state index contributed by atoms with van der Waals surface area (Å²) in [5.41, 5.74) is 1.08. The lowest BCUT2D eigenvalue weighted by molar-refractivity contribution is -0.00166. The Morgan fingerprint density at radius 1 is 1.21 bits per heavy atom. The van der Waals surface area contributed by atoms with Crippen LogP contribution < -0.4 is 5.32 Å². The zero-order valence-corrected chi connectivity index (χ0v) is 14.2. The minimum Gasteiger partial charge on any atom is -0.371 e. The maximum Gasteiger partial charge on any atom is 0.125 e. The molecule has 1 aromatic rings. The van der Waals surface area contributed by atoms with Crippen LogP contribution in [0.4, 0.5) is 0 Å². The Kier molecular flexibility index (Phi) is 5.53. The molecule has 0 aliphatic heterocycles. The highest BCUT2D eigenvalue weighted by Gasteiger charge is 2.29. The molecule has 1 aromatic heterocycles. The van der Waals surface area contributed by atoms with Crippen LogP contribution in [0.15, 0.2) is 0 Å². The van der Waals surface area contributed by atoms with E-state index in [0.29, 0.717) is 0 Å². The summed E-state index contributed by atoms with van der Waals surface area (Å²) >= 11 is 1.78. The van der Waals surface area contributed by atoms with Crippen molar-refractivity contribution >= 4 is 11.3 Å². The first-order valence-corrected chi connectivity index (χ1v) is 7.86. The van der Waals surface area contributed by atoms with Gasteiger partial charge in [-0.15, -0.1) is 11.3 Å². The Labute approximate surface area is 121 Å². The summed E-state index contributed by atoms with van der Waals surface area (Å²) in [7, 11) is 1.77. The molecule has 1 heterocycles. The van der Waals surface area contributed by atoms with E-state index in [4.69, 9.17) is 9.72 Å². The number of ether oxygens (including phenoxy) is 1. The van der Waals surface area contributed by atoms with E-state index in [2.05, 4.69) is 46.9 Å². The molecule has 0 spiro atoms. The molecule has 1 unspecified atom stereocenters. The normalized spacial score (nSPS) is 15.5. The maximum atomic E-state index is 5.66. The number of methoxy groups -OCH3 is 1. The molecule has 19 heavy (non-hydrogen) atoms. The number of hydrogen-bond acceptors (Lipinski definition) is 4. The molecule has 0 amide bonds. The summed E-state index contributed by atoms with van der Waals surface area (Å²) in [6.07, 6.45) is 1.91. The number of rotatable bonds is 6. The number of aromatic nitrogens is 1. The molecule has 0 saturated carbocycles. The van der Waals surface area contributed by atoms with Crippen LogP contribution >= 0.6 is 11.3 Å². The van der Waals surface area contributed by atoms with Crippen LogP contribution in [-0.2, 0) is 23.3 Å². The third-order valence-electron chi connectivity index (χ3n) is 3.47. The maximum absolute atomic E-state index is 5.66. The number of thiazole rings is 1. The van der Waals surface area contributed by atoms with E-state index in [9.17, 15) is 0 Å². The topological polar surface area (TPSA) is 34.1 Å². The molecule has 0 saturated heterocycles. The van der Waals surface area contributed by atoms with Crippen LogP contribution in [-0.4, -0.2) is 17.6 Å². The molecule has 1 rings (SSSR count).